The zero-order valence-electron chi connectivity index (χ0n) is 21.1. The molecular formula is C23H38N6O7. The number of primary amides is 1. The highest BCUT2D eigenvalue weighted by molar-refractivity contribution is 5.96. The van der Waals surface area contributed by atoms with E-state index in [1.165, 1.54) is 16.7 Å². The van der Waals surface area contributed by atoms with Crippen molar-refractivity contribution in [1.82, 2.24) is 20.4 Å². The second-order valence-corrected chi connectivity index (χ2v) is 9.92. The zero-order chi connectivity index (χ0) is 27.2. The van der Waals surface area contributed by atoms with Crippen LogP contribution in [0.2, 0.25) is 0 Å². The molecule has 0 saturated carbocycles. The third-order valence-electron chi connectivity index (χ3n) is 6.47. The summed E-state index contributed by atoms with van der Waals surface area (Å²) < 4.78 is 0. The molecule has 2 rings (SSSR count). The van der Waals surface area contributed by atoms with Crippen LogP contribution in [-0.4, -0.2) is 93.7 Å². The number of rotatable bonds is 11. The van der Waals surface area contributed by atoms with Gasteiger partial charge in [0.2, 0.25) is 29.5 Å². The van der Waals surface area contributed by atoms with Gasteiger partial charge in [0.25, 0.3) is 0 Å². The number of hydrogen-bond donors (Lipinski definition) is 5. The third-order valence-corrected chi connectivity index (χ3v) is 6.47. The number of carboxylic acid groups (broad SMARTS) is 1. The van der Waals surface area contributed by atoms with E-state index in [-0.39, 0.29) is 18.2 Å². The molecule has 0 aromatic carbocycles. The van der Waals surface area contributed by atoms with Crippen LogP contribution in [0.25, 0.3) is 0 Å². The Bertz CT molecular complexity index is 879. The number of amides is 5. The third kappa shape index (κ3) is 7.39. The Kier molecular flexibility index (Phi) is 10.2. The molecule has 0 aliphatic carbocycles. The molecule has 0 spiro atoms. The van der Waals surface area contributed by atoms with E-state index in [1.54, 1.807) is 0 Å². The SMILES string of the molecule is CC(C)C[C@H](NC(=O)[C@H](C)NC(=O)[C@@H](N)CC(N)=O)C(=O)N1CCC[C@H]1C(=O)N1CCC[C@H]1C(=O)O. The van der Waals surface area contributed by atoms with Gasteiger partial charge in [0.05, 0.1) is 12.5 Å². The van der Waals surface area contributed by atoms with Gasteiger partial charge in [0.1, 0.15) is 24.2 Å². The maximum Gasteiger partial charge on any atom is 0.326 e. The van der Waals surface area contributed by atoms with Gasteiger partial charge in [-0.05, 0) is 44.9 Å². The number of nitrogens with zero attached hydrogens (tertiary/aromatic N) is 2. The Morgan fingerprint density at radius 2 is 1.50 bits per heavy atom. The molecule has 0 unspecified atom stereocenters. The average Bonchev–Trinajstić information content (AvgIpc) is 3.46. The summed E-state index contributed by atoms with van der Waals surface area (Å²) in [4.78, 5) is 76.9. The monoisotopic (exact) mass is 510 g/mol. The number of aliphatic carboxylic acids is 1. The number of carboxylic acids is 1. The van der Waals surface area contributed by atoms with Crippen molar-refractivity contribution in [3.05, 3.63) is 0 Å². The van der Waals surface area contributed by atoms with Gasteiger partial charge < -0.3 is 37.0 Å². The standard InChI is InChI=1S/C23H38N6O7/c1-12(2)10-15(27-19(31)13(3)26-20(32)14(24)11-18(25)30)21(33)28-8-4-6-16(28)22(34)29-9-5-7-17(29)23(35)36/h12-17H,4-11,24H2,1-3H3,(H2,25,30)(H,26,32)(H,27,31)(H,35,36)/t13-,14-,15-,16-,17-/m0/s1. The highest BCUT2D eigenvalue weighted by Crippen LogP contribution is 2.26. The molecule has 5 atom stereocenters. The second kappa shape index (κ2) is 12.7. The molecule has 7 N–H and O–H groups in total. The first-order valence-electron chi connectivity index (χ1n) is 12.3. The Morgan fingerprint density at radius 3 is 2.06 bits per heavy atom. The number of likely N-dealkylation sites (tertiary alicyclic amines) is 2. The zero-order valence-corrected chi connectivity index (χ0v) is 21.1. The average molecular weight is 511 g/mol. The molecule has 13 nitrogen and oxygen atoms in total. The molecular weight excluding hydrogens is 472 g/mol. The molecule has 36 heavy (non-hydrogen) atoms. The topological polar surface area (TPSA) is 205 Å². The molecule has 5 amide bonds. The molecule has 2 heterocycles. The van der Waals surface area contributed by atoms with Crippen LogP contribution < -0.4 is 22.1 Å². The fourth-order valence-electron chi connectivity index (χ4n) is 4.65. The van der Waals surface area contributed by atoms with E-state index < -0.39 is 59.8 Å². The summed E-state index contributed by atoms with van der Waals surface area (Å²) in [5, 5.41) is 14.5. The van der Waals surface area contributed by atoms with E-state index in [0.717, 1.165) is 0 Å². The van der Waals surface area contributed by atoms with Gasteiger partial charge in [-0.15, -0.1) is 0 Å². The van der Waals surface area contributed by atoms with E-state index in [9.17, 15) is 33.9 Å². The van der Waals surface area contributed by atoms with Crippen LogP contribution in [0.15, 0.2) is 0 Å². The first kappa shape index (κ1) is 29.0. The van der Waals surface area contributed by atoms with Crippen molar-refractivity contribution in [3.63, 3.8) is 0 Å². The van der Waals surface area contributed by atoms with Crippen molar-refractivity contribution in [2.75, 3.05) is 13.1 Å². The van der Waals surface area contributed by atoms with E-state index in [0.29, 0.717) is 45.2 Å². The van der Waals surface area contributed by atoms with E-state index >= 15 is 0 Å². The fraction of sp³-hybridized carbons (Fsp3) is 0.739. The van der Waals surface area contributed by atoms with Crippen LogP contribution in [0.4, 0.5) is 0 Å². The van der Waals surface area contributed by atoms with Gasteiger partial charge in [0, 0.05) is 13.1 Å². The van der Waals surface area contributed by atoms with Gasteiger partial charge in [-0.1, -0.05) is 13.8 Å². The minimum Gasteiger partial charge on any atom is -0.480 e. The van der Waals surface area contributed by atoms with Crippen LogP contribution in [-0.2, 0) is 28.8 Å². The molecule has 202 valence electrons. The molecule has 0 radical (unpaired) electrons. The number of nitrogens with two attached hydrogens (primary N) is 2. The first-order chi connectivity index (χ1) is 16.8. The number of hydrogen-bond acceptors (Lipinski definition) is 7. The number of carbonyl (C=O) groups is 6. The Hall–Kier alpha value is -3.22. The Labute approximate surface area is 210 Å². The lowest BCUT2D eigenvalue weighted by molar-refractivity contribution is -0.152. The lowest BCUT2D eigenvalue weighted by Crippen LogP contribution is -2.58. The summed E-state index contributed by atoms with van der Waals surface area (Å²) in [6.45, 7) is 5.83. The summed E-state index contributed by atoms with van der Waals surface area (Å²) in [5.41, 5.74) is 10.7. The molecule has 13 heteroatoms. The largest absolute Gasteiger partial charge is 0.480 e. The molecule has 2 saturated heterocycles. The predicted molar refractivity (Wildman–Crippen MR) is 128 cm³/mol. The minimum absolute atomic E-state index is 0.0277. The van der Waals surface area contributed by atoms with Crippen molar-refractivity contribution in [2.24, 2.45) is 17.4 Å². The summed E-state index contributed by atoms with van der Waals surface area (Å²) in [5.74, 6) is -3.95. The highest BCUT2D eigenvalue weighted by atomic mass is 16.4. The first-order valence-corrected chi connectivity index (χ1v) is 12.3. The van der Waals surface area contributed by atoms with Crippen molar-refractivity contribution in [3.8, 4) is 0 Å². The van der Waals surface area contributed by atoms with Gasteiger partial charge in [0.15, 0.2) is 0 Å². The van der Waals surface area contributed by atoms with E-state index in [4.69, 9.17) is 11.5 Å². The van der Waals surface area contributed by atoms with Gasteiger partial charge >= 0.3 is 5.97 Å². The van der Waals surface area contributed by atoms with Gasteiger partial charge in [-0.2, -0.15) is 0 Å². The van der Waals surface area contributed by atoms with E-state index in [1.807, 2.05) is 13.8 Å². The molecule has 0 aromatic rings. The number of nitrogens with one attached hydrogen (secondary N) is 2. The van der Waals surface area contributed by atoms with Crippen LogP contribution in [0.5, 0.6) is 0 Å². The molecule has 2 aliphatic rings. The van der Waals surface area contributed by atoms with Crippen LogP contribution in [0.1, 0.15) is 59.3 Å². The van der Waals surface area contributed by atoms with Gasteiger partial charge in [-0.25, -0.2) is 4.79 Å². The predicted octanol–water partition coefficient (Wildman–Crippen LogP) is -1.71. The normalized spacial score (nSPS) is 22.1. The molecule has 0 bridgehead atoms. The van der Waals surface area contributed by atoms with Crippen molar-refractivity contribution < 1.29 is 33.9 Å². The van der Waals surface area contributed by atoms with Crippen molar-refractivity contribution >= 4 is 35.5 Å². The molecule has 0 aromatic heterocycles. The van der Waals surface area contributed by atoms with E-state index in [2.05, 4.69) is 10.6 Å². The molecule has 2 aliphatic heterocycles. The maximum atomic E-state index is 13.5. The summed E-state index contributed by atoms with van der Waals surface area (Å²) in [6, 6.07) is -4.88. The smallest absolute Gasteiger partial charge is 0.326 e. The number of carbonyl (C=O) groups excluding carboxylic acids is 5. The molecule has 2 fully saturated rings. The lowest BCUT2D eigenvalue weighted by atomic mass is 10.0. The quantitative estimate of drug-likeness (QED) is 0.216. The summed E-state index contributed by atoms with van der Waals surface area (Å²) in [6.07, 6.45) is 1.88. The Balaban J connectivity index is 2.10. The Morgan fingerprint density at radius 1 is 0.917 bits per heavy atom. The van der Waals surface area contributed by atoms with Crippen LogP contribution >= 0.6 is 0 Å². The van der Waals surface area contributed by atoms with Crippen LogP contribution in [0.3, 0.4) is 0 Å². The van der Waals surface area contributed by atoms with Gasteiger partial charge in [-0.3, -0.25) is 24.0 Å². The highest BCUT2D eigenvalue weighted by Gasteiger charge is 2.43. The second-order valence-electron chi connectivity index (χ2n) is 9.92. The lowest BCUT2D eigenvalue weighted by Gasteiger charge is -2.33. The summed E-state index contributed by atoms with van der Waals surface area (Å²) >= 11 is 0. The summed E-state index contributed by atoms with van der Waals surface area (Å²) in [7, 11) is 0. The maximum absolute atomic E-state index is 13.5. The minimum atomic E-state index is -1.21. The van der Waals surface area contributed by atoms with Crippen molar-refractivity contribution in [1.29, 1.82) is 0 Å². The van der Waals surface area contributed by atoms with Crippen LogP contribution in [0, 0.1) is 5.92 Å². The fourth-order valence-corrected chi connectivity index (χ4v) is 4.65. The van der Waals surface area contributed by atoms with Crippen molar-refractivity contribution in [2.45, 2.75) is 89.5 Å².